The van der Waals surface area contributed by atoms with Crippen LogP contribution >= 0.6 is 0 Å². The number of nitrogens with zero attached hydrogens (tertiary/aromatic N) is 1. The molecule has 0 aliphatic heterocycles. The van der Waals surface area contributed by atoms with Gasteiger partial charge in [-0.05, 0) is 20.5 Å². The molecular formula is C8H17NO4S. The number of carboxylic acids is 1. The Morgan fingerprint density at radius 2 is 1.93 bits per heavy atom. The minimum absolute atomic E-state index is 0.106. The number of aliphatic carboxylic acids is 1. The maximum atomic E-state index is 11.5. The van der Waals surface area contributed by atoms with Gasteiger partial charge in [0.05, 0.1) is 5.75 Å². The summed E-state index contributed by atoms with van der Waals surface area (Å²) in [6.07, 6.45) is 0.116. The molecule has 1 atom stereocenters. The number of hydrogen-bond donors (Lipinski definition) is 1. The molecule has 0 aromatic heterocycles. The first-order valence-corrected chi connectivity index (χ1v) is 6.12. The van der Waals surface area contributed by atoms with Crippen molar-refractivity contribution in [1.29, 1.82) is 0 Å². The average Bonchev–Trinajstić information content (AvgIpc) is 2.01. The Labute approximate surface area is 84.6 Å². The van der Waals surface area contributed by atoms with Gasteiger partial charge in [-0.2, -0.15) is 0 Å². The lowest BCUT2D eigenvalue weighted by Gasteiger charge is -2.13. The molecule has 0 amide bonds. The lowest BCUT2D eigenvalue weighted by Crippen LogP contribution is -2.34. The van der Waals surface area contributed by atoms with Crippen molar-refractivity contribution in [3.05, 3.63) is 0 Å². The normalized spacial score (nSPS) is 14.3. The number of sulfone groups is 1. The second-order valence-corrected chi connectivity index (χ2v) is 5.71. The zero-order chi connectivity index (χ0) is 11.4. The molecule has 0 fully saturated rings. The summed E-state index contributed by atoms with van der Waals surface area (Å²) in [5, 5.41) is 7.42. The molecule has 6 heteroatoms. The summed E-state index contributed by atoms with van der Waals surface area (Å²) in [4.78, 5) is 12.3. The Bertz CT molecular complexity index is 284. The van der Waals surface area contributed by atoms with Crippen LogP contribution in [-0.4, -0.2) is 56.0 Å². The van der Waals surface area contributed by atoms with Crippen molar-refractivity contribution >= 4 is 15.8 Å². The van der Waals surface area contributed by atoms with E-state index in [4.69, 9.17) is 5.11 Å². The van der Waals surface area contributed by atoms with E-state index in [1.54, 1.807) is 25.9 Å². The lowest BCUT2D eigenvalue weighted by atomic mass is 10.3. The molecular weight excluding hydrogens is 206 g/mol. The first-order chi connectivity index (χ1) is 6.31. The van der Waals surface area contributed by atoms with Crippen LogP contribution in [0.15, 0.2) is 0 Å². The molecule has 0 spiro atoms. The predicted molar refractivity (Wildman–Crippen MR) is 54.1 cm³/mol. The Kier molecular flexibility index (Phi) is 5.07. The summed E-state index contributed by atoms with van der Waals surface area (Å²) in [6.45, 7) is 1.91. The Hall–Kier alpha value is -0.620. The van der Waals surface area contributed by atoms with Crippen molar-refractivity contribution in [3.63, 3.8) is 0 Å². The largest absolute Gasteiger partial charge is 0.480 e. The molecule has 0 saturated carbocycles. The molecule has 84 valence electrons. The molecule has 0 aliphatic carbocycles. The monoisotopic (exact) mass is 223 g/mol. The first-order valence-electron chi connectivity index (χ1n) is 4.40. The minimum atomic E-state index is -3.51. The van der Waals surface area contributed by atoms with E-state index < -0.39 is 21.1 Å². The number of hydrogen-bond acceptors (Lipinski definition) is 4. The SMILES string of the molecule is CCC(C(=O)O)S(=O)(=O)CCN(C)C. The molecule has 1 unspecified atom stereocenters. The van der Waals surface area contributed by atoms with E-state index in [1.165, 1.54) is 0 Å². The number of rotatable bonds is 6. The van der Waals surface area contributed by atoms with E-state index in [-0.39, 0.29) is 12.2 Å². The van der Waals surface area contributed by atoms with E-state index in [2.05, 4.69) is 0 Å². The Balaban J connectivity index is 4.51. The van der Waals surface area contributed by atoms with Crippen molar-refractivity contribution in [3.8, 4) is 0 Å². The molecule has 14 heavy (non-hydrogen) atoms. The van der Waals surface area contributed by atoms with Gasteiger partial charge in [0.1, 0.15) is 0 Å². The van der Waals surface area contributed by atoms with Gasteiger partial charge < -0.3 is 10.0 Å². The van der Waals surface area contributed by atoms with E-state index in [1.807, 2.05) is 0 Å². The van der Waals surface area contributed by atoms with Crippen molar-refractivity contribution in [2.24, 2.45) is 0 Å². The quantitative estimate of drug-likeness (QED) is 0.676. The van der Waals surface area contributed by atoms with Crippen molar-refractivity contribution in [1.82, 2.24) is 4.90 Å². The highest BCUT2D eigenvalue weighted by atomic mass is 32.2. The summed E-state index contributed by atoms with van der Waals surface area (Å²) in [5.41, 5.74) is 0. The summed E-state index contributed by atoms with van der Waals surface area (Å²) in [5.74, 6) is -1.36. The van der Waals surface area contributed by atoms with Crippen LogP contribution in [0.3, 0.4) is 0 Å². The third-order valence-electron chi connectivity index (χ3n) is 1.90. The molecule has 1 N–H and O–H groups in total. The molecule has 0 bridgehead atoms. The van der Waals surface area contributed by atoms with E-state index >= 15 is 0 Å². The molecule has 5 nitrogen and oxygen atoms in total. The fourth-order valence-corrected chi connectivity index (χ4v) is 2.75. The van der Waals surface area contributed by atoms with Gasteiger partial charge in [0.15, 0.2) is 15.1 Å². The predicted octanol–water partition coefficient (Wildman–Crippen LogP) is -0.174. The van der Waals surface area contributed by atoms with Crippen molar-refractivity contribution in [2.75, 3.05) is 26.4 Å². The average molecular weight is 223 g/mol. The second-order valence-electron chi connectivity index (χ2n) is 3.41. The van der Waals surface area contributed by atoms with E-state index in [9.17, 15) is 13.2 Å². The molecule has 0 aromatic carbocycles. The molecule has 0 heterocycles. The van der Waals surface area contributed by atoms with E-state index in [0.717, 1.165) is 0 Å². The van der Waals surface area contributed by atoms with Crippen molar-refractivity contribution in [2.45, 2.75) is 18.6 Å². The molecule has 0 aliphatic rings. The van der Waals surface area contributed by atoms with Gasteiger partial charge in [0.25, 0.3) is 0 Å². The maximum absolute atomic E-state index is 11.5. The zero-order valence-electron chi connectivity index (χ0n) is 8.73. The smallest absolute Gasteiger partial charge is 0.321 e. The number of carboxylic acid groups (broad SMARTS) is 1. The fourth-order valence-electron chi connectivity index (χ4n) is 1.03. The highest BCUT2D eigenvalue weighted by Crippen LogP contribution is 2.07. The van der Waals surface area contributed by atoms with Crippen LogP contribution in [0.2, 0.25) is 0 Å². The van der Waals surface area contributed by atoms with Crippen LogP contribution in [0.1, 0.15) is 13.3 Å². The second kappa shape index (κ2) is 5.31. The number of carbonyl (C=O) groups is 1. The van der Waals surface area contributed by atoms with Crippen LogP contribution in [0, 0.1) is 0 Å². The molecule has 0 rings (SSSR count). The van der Waals surface area contributed by atoms with Crippen LogP contribution in [-0.2, 0) is 14.6 Å². The maximum Gasteiger partial charge on any atom is 0.321 e. The Morgan fingerprint density at radius 3 is 2.21 bits per heavy atom. The summed E-state index contributed by atoms with van der Waals surface area (Å²) in [7, 11) is -0.0134. The highest BCUT2D eigenvalue weighted by molar-refractivity contribution is 7.92. The summed E-state index contributed by atoms with van der Waals surface area (Å²) >= 11 is 0. The minimum Gasteiger partial charge on any atom is -0.480 e. The van der Waals surface area contributed by atoms with Gasteiger partial charge >= 0.3 is 5.97 Å². The first kappa shape index (κ1) is 13.4. The third kappa shape index (κ3) is 4.06. The molecule has 0 aromatic rings. The van der Waals surface area contributed by atoms with Crippen LogP contribution in [0.4, 0.5) is 0 Å². The zero-order valence-corrected chi connectivity index (χ0v) is 9.54. The van der Waals surface area contributed by atoms with Crippen LogP contribution < -0.4 is 0 Å². The third-order valence-corrected chi connectivity index (χ3v) is 4.06. The highest BCUT2D eigenvalue weighted by Gasteiger charge is 2.30. The van der Waals surface area contributed by atoms with Gasteiger partial charge in [0.2, 0.25) is 0 Å². The molecule has 0 radical (unpaired) electrons. The summed E-state index contributed by atoms with van der Waals surface area (Å²) in [6, 6.07) is 0. The fraction of sp³-hybridized carbons (Fsp3) is 0.875. The van der Waals surface area contributed by atoms with Gasteiger partial charge in [-0.15, -0.1) is 0 Å². The van der Waals surface area contributed by atoms with Gasteiger partial charge in [-0.1, -0.05) is 6.92 Å². The lowest BCUT2D eigenvalue weighted by molar-refractivity contribution is -0.136. The molecule has 0 saturated heterocycles. The summed E-state index contributed by atoms with van der Waals surface area (Å²) < 4.78 is 23.0. The van der Waals surface area contributed by atoms with E-state index in [0.29, 0.717) is 6.54 Å². The van der Waals surface area contributed by atoms with Crippen molar-refractivity contribution < 1.29 is 18.3 Å². The van der Waals surface area contributed by atoms with Crippen LogP contribution in [0.5, 0.6) is 0 Å². The Morgan fingerprint density at radius 1 is 1.43 bits per heavy atom. The van der Waals surface area contributed by atoms with Gasteiger partial charge in [-0.25, -0.2) is 8.42 Å². The standard InChI is InChI=1S/C8H17NO4S/c1-4-7(8(10)11)14(12,13)6-5-9(2)3/h7H,4-6H2,1-3H3,(H,10,11). The van der Waals surface area contributed by atoms with Gasteiger partial charge in [0, 0.05) is 6.54 Å². The van der Waals surface area contributed by atoms with Crippen LogP contribution in [0.25, 0.3) is 0 Å². The topological polar surface area (TPSA) is 74.7 Å². The van der Waals surface area contributed by atoms with Gasteiger partial charge in [-0.3, -0.25) is 4.79 Å².